The topological polar surface area (TPSA) is 47.6 Å². The number of rotatable bonds is 1. The summed E-state index contributed by atoms with van der Waals surface area (Å²) in [7, 11) is 1.25. The van der Waals surface area contributed by atoms with Crippen molar-refractivity contribution in [2.24, 2.45) is 0 Å². The fraction of sp³-hybridized carbons (Fsp3) is 0.300. The van der Waals surface area contributed by atoms with E-state index < -0.39 is 18.0 Å². The summed E-state index contributed by atoms with van der Waals surface area (Å²) >= 11 is 3.17. The molecular weight excluding hydrogens is 281 g/mol. The van der Waals surface area contributed by atoms with Crippen LogP contribution in [0.15, 0.2) is 16.6 Å². The lowest BCUT2D eigenvalue weighted by molar-refractivity contribution is 0.163. The maximum Gasteiger partial charge on any atom is 0.407 e. The van der Waals surface area contributed by atoms with Crippen LogP contribution in [-0.4, -0.2) is 19.8 Å². The number of hydrogen-bond acceptors (Lipinski definition) is 3. The number of hydrogen-bond donors (Lipinski definition) is 1. The minimum absolute atomic E-state index is 0.206. The quantitative estimate of drug-likeness (QED) is 0.863. The summed E-state index contributed by atoms with van der Waals surface area (Å²) in [4.78, 5) is 11.0. The zero-order chi connectivity index (χ0) is 11.7. The number of benzene rings is 1. The van der Waals surface area contributed by atoms with Crippen LogP contribution in [-0.2, 0) is 4.74 Å². The lowest BCUT2D eigenvalue weighted by Gasteiger charge is -2.10. The molecule has 16 heavy (non-hydrogen) atoms. The molecule has 0 bridgehead atoms. The molecule has 1 atom stereocenters. The first-order valence-electron chi connectivity index (χ1n) is 4.58. The molecule has 0 fully saturated rings. The summed E-state index contributed by atoms with van der Waals surface area (Å²) in [6.07, 6.45) is -0.608. The largest absolute Gasteiger partial charge is 0.491 e. The van der Waals surface area contributed by atoms with Gasteiger partial charge in [0, 0.05) is 4.47 Å². The average molecular weight is 290 g/mol. The Morgan fingerprint density at radius 2 is 2.44 bits per heavy atom. The molecular formula is C10H9BrFNO3. The number of alkyl carbamates (subject to hydrolysis) is 1. The smallest absolute Gasteiger partial charge is 0.407 e. The summed E-state index contributed by atoms with van der Waals surface area (Å²) in [5.74, 6) is 0.0246. The van der Waals surface area contributed by atoms with Gasteiger partial charge in [-0.25, -0.2) is 9.18 Å². The summed E-state index contributed by atoms with van der Waals surface area (Å²) in [5, 5.41) is 2.50. The van der Waals surface area contributed by atoms with Crippen LogP contribution in [0.5, 0.6) is 5.75 Å². The zero-order valence-corrected chi connectivity index (χ0v) is 10.0. The van der Waals surface area contributed by atoms with Gasteiger partial charge in [-0.1, -0.05) is 15.9 Å². The molecule has 1 aliphatic heterocycles. The van der Waals surface area contributed by atoms with Crippen LogP contribution in [0.2, 0.25) is 0 Å². The van der Waals surface area contributed by atoms with Crippen LogP contribution in [0.25, 0.3) is 0 Å². The van der Waals surface area contributed by atoms with Gasteiger partial charge in [-0.05, 0) is 12.1 Å². The van der Waals surface area contributed by atoms with Gasteiger partial charge in [-0.3, -0.25) is 0 Å². The van der Waals surface area contributed by atoms with Crippen molar-refractivity contribution in [3.8, 4) is 5.75 Å². The summed E-state index contributed by atoms with van der Waals surface area (Å²) < 4.78 is 24.0. The molecule has 1 aliphatic rings. The summed E-state index contributed by atoms with van der Waals surface area (Å²) in [6.45, 7) is 0.206. The highest BCUT2D eigenvalue weighted by Gasteiger charge is 2.29. The third kappa shape index (κ3) is 1.97. The maximum atomic E-state index is 13.7. The number of nitrogens with one attached hydrogen (secondary N) is 1. The van der Waals surface area contributed by atoms with E-state index in [4.69, 9.17) is 4.74 Å². The lowest BCUT2D eigenvalue weighted by atomic mass is 10.1. The van der Waals surface area contributed by atoms with Gasteiger partial charge in [-0.15, -0.1) is 0 Å². The van der Waals surface area contributed by atoms with Crippen molar-refractivity contribution in [3.63, 3.8) is 0 Å². The van der Waals surface area contributed by atoms with Crippen LogP contribution in [0.3, 0.4) is 0 Å². The Kier molecular flexibility index (Phi) is 3.00. The van der Waals surface area contributed by atoms with Gasteiger partial charge in [0.1, 0.15) is 18.2 Å². The van der Waals surface area contributed by atoms with Crippen molar-refractivity contribution >= 4 is 22.0 Å². The highest BCUT2D eigenvalue weighted by Crippen LogP contribution is 2.36. The summed E-state index contributed by atoms with van der Waals surface area (Å²) in [5.41, 5.74) is 0.355. The minimum Gasteiger partial charge on any atom is -0.491 e. The Labute approximate surface area is 99.9 Å². The first kappa shape index (κ1) is 11.2. The number of carbonyl (C=O) groups excluding carboxylic acids is 1. The maximum absolute atomic E-state index is 13.7. The van der Waals surface area contributed by atoms with E-state index in [0.29, 0.717) is 15.8 Å². The van der Waals surface area contributed by atoms with Crippen LogP contribution < -0.4 is 10.1 Å². The van der Waals surface area contributed by atoms with E-state index in [2.05, 4.69) is 26.0 Å². The second-order valence-corrected chi connectivity index (χ2v) is 4.21. The number of amides is 1. The second-order valence-electron chi connectivity index (χ2n) is 3.30. The molecule has 6 heteroatoms. The van der Waals surface area contributed by atoms with Gasteiger partial charge >= 0.3 is 6.09 Å². The molecule has 0 aliphatic carbocycles. The van der Waals surface area contributed by atoms with Gasteiger partial charge in [0.25, 0.3) is 0 Å². The molecule has 1 aromatic carbocycles. The molecule has 1 N–H and O–H groups in total. The van der Waals surface area contributed by atoms with E-state index in [1.807, 2.05) is 0 Å². The third-order valence-corrected chi connectivity index (χ3v) is 2.75. The lowest BCUT2D eigenvalue weighted by Crippen LogP contribution is -2.29. The molecule has 0 saturated heterocycles. The molecule has 1 amide bonds. The molecule has 1 unspecified atom stereocenters. The van der Waals surface area contributed by atoms with Crippen LogP contribution >= 0.6 is 15.9 Å². The highest BCUT2D eigenvalue weighted by molar-refractivity contribution is 9.10. The predicted molar refractivity (Wildman–Crippen MR) is 57.9 cm³/mol. The average Bonchev–Trinajstić information content (AvgIpc) is 2.61. The van der Waals surface area contributed by atoms with E-state index in [9.17, 15) is 9.18 Å². The van der Waals surface area contributed by atoms with Crippen LogP contribution in [0.1, 0.15) is 11.6 Å². The number of ether oxygens (including phenoxy) is 2. The first-order valence-corrected chi connectivity index (χ1v) is 5.37. The monoisotopic (exact) mass is 289 g/mol. The molecule has 86 valence electrons. The van der Waals surface area contributed by atoms with Gasteiger partial charge < -0.3 is 14.8 Å². The number of carbonyl (C=O) groups is 1. The highest BCUT2D eigenvalue weighted by atomic mass is 79.9. The van der Waals surface area contributed by atoms with Crippen LogP contribution in [0, 0.1) is 5.82 Å². The van der Waals surface area contributed by atoms with Crippen molar-refractivity contribution in [2.75, 3.05) is 13.7 Å². The molecule has 4 nitrogen and oxygen atoms in total. The Hall–Kier alpha value is -1.30. The van der Waals surface area contributed by atoms with Gasteiger partial charge in [0.05, 0.1) is 18.7 Å². The van der Waals surface area contributed by atoms with Crippen LogP contribution in [0.4, 0.5) is 9.18 Å². The van der Waals surface area contributed by atoms with E-state index in [1.54, 1.807) is 6.07 Å². The van der Waals surface area contributed by atoms with Gasteiger partial charge in [0.15, 0.2) is 0 Å². The molecule has 0 aromatic heterocycles. The molecule has 1 aromatic rings. The number of halogens is 2. The van der Waals surface area contributed by atoms with Gasteiger partial charge in [0.2, 0.25) is 0 Å². The molecule has 1 heterocycles. The standard InChI is InChI=1S/C10H9BrFNO3/c1-15-10(14)13-7-4-16-8-3-5(11)2-6(12)9(7)8/h2-3,7H,4H2,1H3,(H,13,14). The van der Waals surface area contributed by atoms with Crippen molar-refractivity contribution in [2.45, 2.75) is 6.04 Å². The van der Waals surface area contributed by atoms with Gasteiger partial charge in [-0.2, -0.15) is 0 Å². The minimum atomic E-state index is -0.608. The van der Waals surface area contributed by atoms with Crippen molar-refractivity contribution < 1.29 is 18.7 Å². The second kappa shape index (κ2) is 4.29. The number of methoxy groups -OCH3 is 1. The predicted octanol–water partition coefficient (Wildman–Crippen LogP) is 2.38. The first-order chi connectivity index (χ1) is 7.61. The van der Waals surface area contributed by atoms with E-state index >= 15 is 0 Å². The SMILES string of the molecule is COC(=O)NC1COc2cc(Br)cc(F)c21. The molecule has 0 saturated carbocycles. The Bertz CT molecular complexity index is 438. The van der Waals surface area contributed by atoms with Crippen molar-refractivity contribution in [1.29, 1.82) is 0 Å². The summed E-state index contributed by atoms with van der Waals surface area (Å²) in [6, 6.07) is 2.49. The molecule has 0 spiro atoms. The Morgan fingerprint density at radius 1 is 1.69 bits per heavy atom. The van der Waals surface area contributed by atoms with Crippen molar-refractivity contribution in [3.05, 3.63) is 28.0 Å². The van der Waals surface area contributed by atoms with E-state index in [1.165, 1.54) is 13.2 Å². The number of fused-ring (bicyclic) bond motifs is 1. The fourth-order valence-electron chi connectivity index (χ4n) is 1.59. The Balaban J connectivity index is 2.29. The van der Waals surface area contributed by atoms with E-state index in [-0.39, 0.29) is 6.61 Å². The molecule has 0 radical (unpaired) electrons. The Morgan fingerprint density at radius 3 is 3.12 bits per heavy atom. The van der Waals surface area contributed by atoms with E-state index in [0.717, 1.165) is 0 Å². The van der Waals surface area contributed by atoms with Crippen molar-refractivity contribution in [1.82, 2.24) is 5.32 Å². The fourth-order valence-corrected chi connectivity index (χ4v) is 2.00. The normalized spacial score (nSPS) is 17.6. The third-order valence-electron chi connectivity index (χ3n) is 2.29. The molecule has 2 rings (SSSR count). The zero-order valence-electron chi connectivity index (χ0n) is 8.42.